The highest BCUT2D eigenvalue weighted by atomic mass is 32.2. The highest BCUT2D eigenvalue weighted by Gasteiger charge is 2.44. The third-order valence-corrected chi connectivity index (χ3v) is 8.83. The fraction of sp³-hybridized carbons (Fsp3) is 0.300. The lowest BCUT2D eigenvalue weighted by molar-refractivity contribution is -0.130. The summed E-state index contributed by atoms with van der Waals surface area (Å²) in [5, 5.41) is 19.0. The van der Waals surface area contributed by atoms with Gasteiger partial charge in [0.05, 0.1) is 17.5 Å². The molecule has 0 radical (unpaired) electrons. The fourth-order valence-electron chi connectivity index (χ4n) is 3.96. The minimum atomic E-state index is -0.0281. The number of carbonyl (C=O) groups is 1. The van der Waals surface area contributed by atoms with E-state index >= 15 is 0 Å². The van der Waals surface area contributed by atoms with E-state index in [0.29, 0.717) is 9.47 Å². The van der Waals surface area contributed by atoms with Crippen molar-refractivity contribution in [1.29, 1.82) is 0 Å². The van der Waals surface area contributed by atoms with E-state index in [1.54, 1.807) is 27.7 Å². The average molecular weight is 474 g/mol. The van der Waals surface area contributed by atoms with Gasteiger partial charge in [-0.15, -0.1) is 32.9 Å². The number of amides is 1. The summed E-state index contributed by atoms with van der Waals surface area (Å²) in [7, 11) is 0. The molecule has 1 saturated carbocycles. The number of nitrogen functional groups attached to an aromatic ring is 1. The number of thiophene rings is 2. The average Bonchev–Trinajstić information content (AvgIpc) is 3.52. The molecule has 3 aromatic heterocycles. The van der Waals surface area contributed by atoms with E-state index in [1.165, 1.54) is 38.4 Å². The Morgan fingerprint density at radius 1 is 1.27 bits per heavy atom. The second-order valence-corrected chi connectivity index (χ2v) is 11.3. The summed E-state index contributed by atoms with van der Waals surface area (Å²) in [6.07, 6.45) is 5.41. The Bertz CT molecular complexity index is 1090. The van der Waals surface area contributed by atoms with Crippen LogP contribution in [0.25, 0.3) is 6.08 Å². The molecular weight excluding hydrogens is 455 g/mol. The zero-order valence-corrected chi connectivity index (χ0v) is 19.2. The maximum atomic E-state index is 13.2. The third-order valence-electron chi connectivity index (χ3n) is 5.19. The molecule has 6 nitrogen and oxygen atoms in total. The second kappa shape index (κ2) is 8.62. The van der Waals surface area contributed by atoms with E-state index in [1.807, 2.05) is 6.07 Å². The molecule has 0 saturated heterocycles. The molecular formula is C20H19N5OS4. The molecule has 4 heterocycles. The van der Waals surface area contributed by atoms with Crippen molar-refractivity contribution in [3.63, 3.8) is 0 Å². The summed E-state index contributed by atoms with van der Waals surface area (Å²) < 4.78 is 0.705. The van der Waals surface area contributed by atoms with Gasteiger partial charge in [0.2, 0.25) is 5.13 Å². The zero-order valence-electron chi connectivity index (χ0n) is 15.9. The summed E-state index contributed by atoms with van der Waals surface area (Å²) in [6, 6.07) is 8.32. The first kappa shape index (κ1) is 19.9. The van der Waals surface area contributed by atoms with Gasteiger partial charge in [-0.05, 0) is 53.8 Å². The molecule has 1 aliphatic heterocycles. The lowest BCUT2D eigenvalue weighted by atomic mass is 9.79. The maximum Gasteiger partial charge on any atom is 0.253 e. The van der Waals surface area contributed by atoms with Crippen LogP contribution in [0, 0.1) is 5.92 Å². The molecule has 0 spiro atoms. The molecule has 2 aliphatic rings. The Hall–Kier alpha value is -2.01. The van der Waals surface area contributed by atoms with Gasteiger partial charge in [0.15, 0.2) is 4.34 Å². The molecule has 1 fully saturated rings. The molecule has 0 unspecified atom stereocenters. The van der Waals surface area contributed by atoms with Crippen molar-refractivity contribution in [2.45, 2.75) is 29.6 Å². The number of rotatable bonds is 5. The summed E-state index contributed by atoms with van der Waals surface area (Å²) in [5.74, 6) is 0.503. The molecule has 10 heteroatoms. The first-order chi connectivity index (χ1) is 14.7. The van der Waals surface area contributed by atoms with Gasteiger partial charge < -0.3 is 5.73 Å². The number of fused-ring (bicyclic) bond motifs is 1. The number of hydrazone groups is 1. The lowest BCUT2D eigenvalue weighted by Crippen LogP contribution is -2.32. The minimum absolute atomic E-state index is 0.00968. The van der Waals surface area contributed by atoms with Crippen molar-refractivity contribution >= 4 is 68.6 Å². The van der Waals surface area contributed by atoms with Gasteiger partial charge in [-0.25, -0.2) is 5.01 Å². The quantitative estimate of drug-likeness (QED) is 0.518. The molecule has 3 aromatic rings. The second-order valence-electron chi connectivity index (χ2n) is 7.06. The van der Waals surface area contributed by atoms with Gasteiger partial charge in [0.25, 0.3) is 5.91 Å². The van der Waals surface area contributed by atoms with E-state index in [0.717, 1.165) is 25.0 Å². The van der Waals surface area contributed by atoms with Gasteiger partial charge >= 0.3 is 0 Å². The Morgan fingerprint density at radius 2 is 2.13 bits per heavy atom. The number of nitrogens with zero attached hydrogens (tertiary/aromatic N) is 4. The molecule has 5 rings (SSSR count). The lowest BCUT2D eigenvalue weighted by Gasteiger charge is -2.28. The summed E-state index contributed by atoms with van der Waals surface area (Å²) >= 11 is 6.09. The molecule has 2 atom stereocenters. The van der Waals surface area contributed by atoms with Crippen molar-refractivity contribution in [3.8, 4) is 0 Å². The van der Waals surface area contributed by atoms with Gasteiger partial charge in [-0.1, -0.05) is 35.2 Å². The van der Waals surface area contributed by atoms with E-state index in [2.05, 4.69) is 45.2 Å². The van der Waals surface area contributed by atoms with Crippen molar-refractivity contribution in [2.75, 3.05) is 11.5 Å². The standard InChI is InChI=1S/C20H19N5OS4/c21-19-22-23-20(30-19)29-11-16(26)25-18(15-7-3-9-28-15)14-6-1-4-12(17(14)24-25)10-13-5-2-8-27-13/h2-3,5,7-10,14,18H,1,4,6,11H2,(H2,21,22)/b12-10+/t14-,18+/m0/s1. The first-order valence-electron chi connectivity index (χ1n) is 9.59. The molecule has 0 aromatic carbocycles. The summed E-state index contributed by atoms with van der Waals surface area (Å²) in [4.78, 5) is 15.6. The van der Waals surface area contributed by atoms with Gasteiger partial charge in [-0.3, -0.25) is 4.79 Å². The number of aromatic nitrogens is 2. The van der Waals surface area contributed by atoms with Gasteiger partial charge in [0, 0.05) is 15.7 Å². The fourth-order valence-corrected chi connectivity index (χ4v) is 7.00. The number of carbonyl (C=O) groups excluding carboxylic acids is 1. The Balaban J connectivity index is 1.44. The maximum absolute atomic E-state index is 13.2. The summed E-state index contributed by atoms with van der Waals surface area (Å²) in [6.45, 7) is 0. The van der Waals surface area contributed by atoms with Crippen LogP contribution in [0.2, 0.25) is 0 Å². The number of nitrogens with two attached hydrogens (primary N) is 1. The zero-order chi connectivity index (χ0) is 20.5. The topological polar surface area (TPSA) is 84.5 Å². The predicted octanol–water partition coefficient (Wildman–Crippen LogP) is 5.16. The highest BCUT2D eigenvalue weighted by molar-refractivity contribution is 8.01. The Labute approximate surface area is 190 Å². The molecule has 1 aliphatic carbocycles. The van der Waals surface area contributed by atoms with E-state index in [9.17, 15) is 4.79 Å². The monoisotopic (exact) mass is 473 g/mol. The van der Waals surface area contributed by atoms with Crippen LogP contribution in [0.15, 0.2) is 50.0 Å². The molecule has 30 heavy (non-hydrogen) atoms. The van der Waals surface area contributed by atoms with E-state index < -0.39 is 0 Å². The van der Waals surface area contributed by atoms with Gasteiger partial charge in [0.1, 0.15) is 0 Å². The number of thioether (sulfide) groups is 1. The van der Waals surface area contributed by atoms with Crippen LogP contribution in [0.1, 0.15) is 35.1 Å². The molecule has 1 amide bonds. The minimum Gasteiger partial charge on any atom is -0.374 e. The van der Waals surface area contributed by atoms with Crippen LogP contribution in [-0.2, 0) is 4.79 Å². The Kier molecular flexibility index (Phi) is 5.72. The SMILES string of the molecule is Nc1nnc(SCC(=O)N2N=C3/C(=C/c4cccs4)CCC[C@@H]3[C@@H]2c2cccs2)s1. The number of anilines is 1. The predicted molar refractivity (Wildman–Crippen MR) is 126 cm³/mol. The smallest absolute Gasteiger partial charge is 0.253 e. The molecule has 154 valence electrons. The number of hydrogen-bond donors (Lipinski definition) is 1. The van der Waals surface area contributed by atoms with Crippen molar-refractivity contribution in [2.24, 2.45) is 11.0 Å². The third kappa shape index (κ3) is 3.96. The van der Waals surface area contributed by atoms with Crippen molar-refractivity contribution < 1.29 is 4.79 Å². The molecule has 0 bridgehead atoms. The Morgan fingerprint density at radius 3 is 2.87 bits per heavy atom. The van der Waals surface area contributed by atoms with Crippen LogP contribution in [0.3, 0.4) is 0 Å². The van der Waals surface area contributed by atoms with Crippen LogP contribution in [0.4, 0.5) is 5.13 Å². The largest absolute Gasteiger partial charge is 0.374 e. The van der Waals surface area contributed by atoms with Crippen molar-refractivity contribution in [3.05, 3.63) is 50.4 Å². The number of hydrogen-bond acceptors (Lipinski definition) is 9. The van der Waals surface area contributed by atoms with Crippen molar-refractivity contribution in [1.82, 2.24) is 15.2 Å². The highest BCUT2D eigenvalue weighted by Crippen LogP contribution is 2.46. The van der Waals surface area contributed by atoms with E-state index in [4.69, 9.17) is 10.8 Å². The van der Waals surface area contributed by atoms with Gasteiger partial charge in [-0.2, -0.15) is 5.10 Å². The van der Waals surface area contributed by atoms with Crippen LogP contribution in [-0.4, -0.2) is 32.6 Å². The first-order valence-corrected chi connectivity index (χ1v) is 13.2. The summed E-state index contributed by atoms with van der Waals surface area (Å²) in [5.41, 5.74) is 7.99. The number of allylic oxidation sites excluding steroid dienone is 1. The van der Waals surface area contributed by atoms with Crippen LogP contribution < -0.4 is 5.73 Å². The van der Waals surface area contributed by atoms with E-state index in [-0.39, 0.29) is 23.6 Å². The molecule has 2 N–H and O–H groups in total. The normalized spacial score (nSPS) is 22.3. The van der Waals surface area contributed by atoms with Crippen LogP contribution in [0.5, 0.6) is 0 Å². The van der Waals surface area contributed by atoms with Crippen LogP contribution >= 0.6 is 45.8 Å².